The molecule has 0 N–H and O–H groups in total. The van der Waals surface area contributed by atoms with E-state index in [0.717, 1.165) is 46.8 Å². The number of nitrogens with zero attached hydrogens (tertiary/aromatic N) is 2. The highest BCUT2D eigenvalue weighted by Crippen LogP contribution is 2.27. The first-order chi connectivity index (χ1) is 14.7. The molecule has 2 aromatic rings. The smallest absolute Gasteiger partial charge is 0.263 e. The van der Waals surface area contributed by atoms with E-state index in [0.29, 0.717) is 18.8 Å². The summed E-state index contributed by atoms with van der Waals surface area (Å²) in [5.74, 6) is 0.616. The molecular weight excluding hydrogens is 412 g/mol. The number of rotatable bonds is 8. The number of anilines is 1. The summed E-state index contributed by atoms with van der Waals surface area (Å²) in [6.07, 6.45) is 1.49. The highest BCUT2D eigenvalue weighted by molar-refractivity contribution is 6.32. The van der Waals surface area contributed by atoms with E-state index in [1.165, 1.54) is 0 Å². The molecule has 2 unspecified atom stereocenters. The van der Waals surface area contributed by atoms with Gasteiger partial charge in [-0.25, -0.2) is 0 Å². The van der Waals surface area contributed by atoms with Crippen LogP contribution in [0.2, 0.25) is 5.02 Å². The van der Waals surface area contributed by atoms with Crippen molar-refractivity contribution < 1.29 is 14.3 Å². The molecule has 1 fully saturated rings. The number of halogens is 1. The third-order valence-electron chi connectivity index (χ3n) is 5.66. The van der Waals surface area contributed by atoms with Crippen molar-refractivity contribution in [3.63, 3.8) is 0 Å². The lowest BCUT2D eigenvalue weighted by molar-refractivity contribution is -0.140. The van der Waals surface area contributed by atoms with Crippen LogP contribution < -0.4 is 9.64 Å². The quantitative estimate of drug-likeness (QED) is 0.574. The second-order valence-corrected chi connectivity index (χ2v) is 8.92. The Kier molecular flexibility index (Phi) is 7.84. The van der Waals surface area contributed by atoms with E-state index in [9.17, 15) is 4.79 Å². The third-order valence-corrected chi connectivity index (χ3v) is 6.25. The Hall–Kier alpha value is -2.24. The Morgan fingerprint density at radius 2 is 1.84 bits per heavy atom. The Bertz CT molecular complexity index is 869. The summed E-state index contributed by atoms with van der Waals surface area (Å²) >= 11 is 6.27. The Balaban J connectivity index is 1.74. The van der Waals surface area contributed by atoms with Crippen molar-refractivity contribution in [2.24, 2.45) is 0 Å². The molecule has 5 nitrogen and oxygen atoms in total. The van der Waals surface area contributed by atoms with E-state index in [4.69, 9.17) is 21.1 Å². The van der Waals surface area contributed by atoms with Gasteiger partial charge < -0.3 is 19.3 Å². The van der Waals surface area contributed by atoms with Gasteiger partial charge >= 0.3 is 0 Å². The predicted octanol–water partition coefficient (Wildman–Crippen LogP) is 5.00. The molecule has 1 amide bonds. The van der Waals surface area contributed by atoms with Gasteiger partial charge in [0.2, 0.25) is 0 Å². The molecule has 1 saturated heterocycles. The molecule has 0 saturated carbocycles. The largest absolute Gasteiger partial charge is 0.481 e. The summed E-state index contributed by atoms with van der Waals surface area (Å²) < 4.78 is 11.8. The van der Waals surface area contributed by atoms with E-state index in [-0.39, 0.29) is 12.0 Å². The normalized spacial score (nSPS) is 16.8. The van der Waals surface area contributed by atoms with Crippen molar-refractivity contribution in [3.8, 4) is 5.75 Å². The third kappa shape index (κ3) is 6.14. The second-order valence-electron chi connectivity index (χ2n) is 8.55. The van der Waals surface area contributed by atoms with Crippen LogP contribution in [0, 0.1) is 13.8 Å². The molecule has 0 bridgehead atoms. The monoisotopic (exact) mass is 444 g/mol. The molecule has 1 aliphatic heterocycles. The van der Waals surface area contributed by atoms with Gasteiger partial charge in [-0.2, -0.15) is 0 Å². The summed E-state index contributed by atoms with van der Waals surface area (Å²) in [6, 6.07) is 12.0. The van der Waals surface area contributed by atoms with Crippen LogP contribution >= 0.6 is 11.6 Å². The summed E-state index contributed by atoms with van der Waals surface area (Å²) in [5, 5.41) is 0.729. The van der Waals surface area contributed by atoms with Crippen LogP contribution in [0.3, 0.4) is 0 Å². The molecule has 2 aromatic carbocycles. The molecular formula is C25H33ClN2O3. The minimum Gasteiger partial charge on any atom is -0.481 e. The number of carbonyl (C=O) groups excluding carboxylic acids is 1. The Labute approximate surface area is 190 Å². The van der Waals surface area contributed by atoms with Crippen molar-refractivity contribution in [2.45, 2.75) is 52.4 Å². The van der Waals surface area contributed by atoms with Crippen molar-refractivity contribution in [1.29, 1.82) is 0 Å². The fourth-order valence-corrected chi connectivity index (χ4v) is 3.98. The standard InChI is InChI=1S/C25H33ClN2O3/c1-17-13-23(14-18(2)24(17)26)31-19(3)25(29)28(16-22-7-6-12-30-22)15-20-8-10-21(11-9-20)27(4)5/h8-11,13-14,19,22H,6-7,12,15-16H2,1-5H3. The maximum absolute atomic E-state index is 13.4. The van der Waals surface area contributed by atoms with Crippen LogP contribution in [0.1, 0.15) is 36.5 Å². The zero-order valence-electron chi connectivity index (χ0n) is 19.2. The number of hydrogen-bond donors (Lipinski definition) is 0. The van der Waals surface area contributed by atoms with Crippen molar-refractivity contribution in [1.82, 2.24) is 4.90 Å². The van der Waals surface area contributed by atoms with Gasteiger partial charge in [0.15, 0.2) is 6.10 Å². The summed E-state index contributed by atoms with van der Waals surface area (Å²) in [6.45, 7) is 7.55. The molecule has 0 radical (unpaired) electrons. The lowest BCUT2D eigenvalue weighted by Gasteiger charge is -2.28. The average Bonchev–Trinajstić information content (AvgIpc) is 3.24. The van der Waals surface area contributed by atoms with E-state index in [1.807, 2.05) is 45.0 Å². The first-order valence-electron chi connectivity index (χ1n) is 10.8. The number of hydrogen-bond acceptors (Lipinski definition) is 4. The minimum atomic E-state index is -0.609. The molecule has 2 atom stereocenters. The molecule has 0 spiro atoms. The van der Waals surface area contributed by atoms with E-state index >= 15 is 0 Å². The minimum absolute atomic E-state index is 0.0440. The number of aryl methyl sites for hydroxylation is 2. The molecule has 31 heavy (non-hydrogen) atoms. The van der Waals surface area contributed by atoms with Gasteiger partial charge in [-0.15, -0.1) is 0 Å². The van der Waals surface area contributed by atoms with Gasteiger partial charge in [0.25, 0.3) is 5.91 Å². The second kappa shape index (κ2) is 10.4. The maximum atomic E-state index is 13.4. The zero-order valence-corrected chi connectivity index (χ0v) is 19.9. The van der Waals surface area contributed by atoms with Gasteiger partial charge in [0.05, 0.1) is 6.10 Å². The maximum Gasteiger partial charge on any atom is 0.263 e. The van der Waals surface area contributed by atoms with Gasteiger partial charge in [-0.1, -0.05) is 23.7 Å². The Morgan fingerprint density at radius 3 is 2.39 bits per heavy atom. The molecule has 1 aliphatic rings. The van der Waals surface area contributed by atoms with E-state index in [2.05, 4.69) is 29.2 Å². The van der Waals surface area contributed by atoms with Crippen molar-refractivity contribution >= 4 is 23.2 Å². The fourth-order valence-electron chi connectivity index (χ4n) is 3.87. The van der Waals surface area contributed by atoms with Crippen LogP contribution in [0.15, 0.2) is 36.4 Å². The van der Waals surface area contributed by atoms with Crippen LogP contribution in [-0.2, 0) is 16.1 Å². The lowest BCUT2D eigenvalue weighted by atomic mass is 10.1. The molecule has 6 heteroatoms. The number of amides is 1. The first-order valence-corrected chi connectivity index (χ1v) is 11.2. The highest BCUT2D eigenvalue weighted by atomic mass is 35.5. The van der Waals surface area contributed by atoms with E-state index < -0.39 is 6.10 Å². The lowest BCUT2D eigenvalue weighted by Crippen LogP contribution is -2.43. The number of benzene rings is 2. The van der Waals surface area contributed by atoms with Crippen LogP contribution in [0.25, 0.3) is 0 Å². The predicted molar refractivity (Wildman–Crippen MR) is 126 cm³/mol. The van der Waals surface area contributed by atoms with Gasteiger partial charge in [0.1, 0.15) is 5.75 Å². The van der Waals surface area contributed by atoms with Crippen molar-refractivity contribution in [3.05, 3.63) is 58.1 Å². The molecule has 0 aromatic heterocycles. The van der Waals surface area contributed by atoms with E-state index in [1.54, 1.807) is 6.92 Å². The van der Waals surface area contributed by atoms with Crippen LogP contribution in [-0.4, -0.2) is 50.3 Å². The molecule has 3 rings (SSSR count). The summed E-state index contributed by atoms with van der Waals surface area (Å²) in [4.78, 5) is 17.3. The Morgan fingerprint density at radius 1 is 1.19 bits per heavy atom. The molecule has 1 heterocycles. The first kappa shape index (κ1) is 23.4. The zero-order chi connectivity index (χ0) is 22.5. The average molecular weight is 445 g/mol. The van der Waals surface area contributed by atoms with Crippen LogP contribution in [0.5, 0.6) is 5.75 Å². The van der Waals surface area contributed by atoms with Crippen molar-refractivity contribution in [2.75, 3.05) is 32.1 Å². The molecule has 0 aliphatic carbocycles. The SMILES string of the molecule is Cc1cc(OC(C)C(=O)N(Cc2ccc(N(C)C)cc2)CC2CCCO2)cc(C)c1Cl. The van der Waals surface area contributed by atoms with Gasteiger partial charge in [0, 0.05) is 44.5 Å². The summed E-state index contributed by atoms with van der Waals surface area (Å²) in [7, 11) is 4.03. The molecule has 168 valence electrons. The van der Waals surface area contributed by atoms with Gasteiger partial charge in [-0.3, -0.25) is 4.79 Å². The number of ether oxygens (including phenoxy) is 2. The fraction of sp³-hybridized carbons (Fsp3) is 0.480. The summed E-state index contributed by atoms with van der Waals surface area (Å²) in [5.41, 5.74) is 4.09. The number of carbonyl (C=O) groups is 1. The highest BCUT2D eigenvalue weighted by Gasteiger charge is 2.27. The van der Waals surface area contributed by atoms with Gasteiger partial charge in [-0.05, 0) is 74.6 Å². The topological polar surface area (TPSA) is 42.0 Å². The van der Waals surface area contributed by atoms with Crippen LogP contribution in [0.4, 0.5) is 5.69 Å².